The van der Waals surface area contributed by atoms with Gasteiger partial charge in [-0.1, -0.05) is 63.0 Å². The van der Waals surface area contributed by atoms with Crippen molar-refractivity contribution in [3.8, 4) is 0 Å². The molecule has 0 bridgehead atoms. The lowest BCUT2D eigenvalue weighted by Gasteiger charge is -2.33. The molecule has 21 heavy (non-hydrogen) atoms. The average Bonchev–Trinajstić information content (AvgIpc) is 2.22. The van der Waals surface area contributed by atoms with E-state index in [-0.39, 0.29) is 5.20 Å². The van der Waals surface area contributed by atoms with E-state index in [2.05, 4.69) is 0 Å². The molecule has 1 rings (SSSR count). The Hall–Kier alpha value is -0.526. The second-order valence-electron chi connectivity index (χ2n) is 7.25. The number of rotatable bonds is 3. The van der Waals surface area contributed by atoms with Gasteiger partial charge in [-0.25, -0.2) is 0 Å². The second-order valence-corrected chi connectivity index (χ2v) is 17.7. The summed E-state index contributed by atoms with van der Waals surface area (Å²) >= 11 is 5.87. The topological polar surface area (TPSA) is 0 Å². The van der Waals surface area contributed by atoms with Gasteiger partial charge in [0.1, 0.15) is 0 Å². The summed E-state index contributed by atoms with van der Waals surface area (Å²) in [4.78, 5) is 0. The van der Waals surface area contributed by atoms with Crippen LogP contribution in [0.3, 0.4) is 0 Å². The van der Waals surface area contributed by atoms with Gasteiger partial charge in [-0.2, -0.15) is 13.2 Å². The van der Waals surface area contributed by atoms with E-state index in [1.807, 2.05) is 19.6 Å². The standard InChI is InChI=1S/C15H22ClF3Si2/c1-20(2,3)13(11-7-9-12(16)10-8-11)14(15(17,18)19)21(4,5)6/h7-10H,1-6H3/b14-13+. The maximum absolute atomic E-state index is 13.7. The van der Waals surface area contributed by atoms with Gasteiger partial charge >= 0.3 is 6.18 Å². The van der Waals surface area contributed by atoms with Crippen molar-refractivity contribution >= 4 is 32.9 Å². The second kappa shape index (κ2) is 5.93. The number of allylic oxidation sites excluding steroid dienone is 1. The van der Waals surface area contributed by atoms with Crippen LogP contribution >= 0.6 is 11.6 Å². The molecule has 0 amide bonds. The minimum absolute atomic E-state index is 0.281. The largest absolute Gasteiger partial charge is 0.409 e. The lowest BCUT2D eigenvalue weighted by Crippen LogP contribution is -2.39. The molecule has 118 valence electrons. The van der Waals surface area contributed by atoms with E-state index in [4.69, 9.17) is 11.6 Å². The van der Waals surface area contributed by atoms with Crippen LogP contribution in [0.5, 0.6) is 0 Å². The Morgan fingerprint density at radius 2 is 1.29 bits per heavy atom. The fourth-order valence-electron chi connectivity index (χ4n) is 2.51. The third-order valence-corrected chi connectivity index (χ3v) is 7.74. The van der Waals surface area contributed by atoms with Crippen molar-refractivity contribution in [3.63, 3.8) is 0 Å². The van der Waals surface area contributed by atoms with Gasteiger partial charge in [-0.3, -0.25) is 0 Å². The highest BCUT2D eigenvalue weighted by atomic mass is 35.5. The van der Waals surface area contributed by atoms with Crippen molar-refractivity contribution in [2.45, 2.75) is 45.5 Å². The number of hydrogen-bond acceptors (Lipinski definition) is 0. The van der Waals surface area contributed by atoms with E-state index in [1.54, 1.807) is 43.9 Å². The molecule has 0 heterocycles. The molecule has 1 aromatic rings. The molecule has 0 radical (unpaired) electrons. The van der Waals surface area contributed by atoms with Gasteiger partial charge in [0.25, 0.3) is 0 Å². The SMILES string of the molecule is C[Si](C)(C)/C(=C(\C(F)(F)F)[Si](C)(C)C)c1ccc(Cl)cc1. The Kier molecular flexibility index (Phi) is 5.23. The van der Waals surface area contributed by atoms with Crippen LogP contribution in [0.2, 0.25) is 44.3 Å². The van der Waals surface area contributed by atoms with Crippen molar-refractivity contribution in [1.82, 2.24) is 0 Å². The van der Waals surface area contributed by atoms with E-state index in [0.717, 1.165) is 0 Å². The maximum atomic E-state index is 13.7. The van der Waals surface area contributed by atoms with Gasteiger partial charge in [0.2, 0.25) is 0 Å². The normalized spacial score (nSPS) is 15.0. The molecule has 0 aliphatic rings. The molecule has 0 nitrogen and oxygen atoms in total. The van der Waals surface area contributed by atoms with E-state index >= 15 is 0 Å². The summed E-state index contributed by atoms with van der Waals surface area (Å²) in [6.07, 6.45) is -4.28. The van der Waals surface area contributed by atoms with Crippen molar-refractivity contribution in [2.75, 3.05) is 0 Å². The molecule has 6 heteroatoms. The van der Waals surface area contributed by atoms with E-state index in [9.17, 15) is 13.2 Å². The quantitative estimate of drug-likeness (QED) is 0.552. The van der Waals surface area contributed by atoms with Gasteiger partial charge in [-0.15, -0.1) is 0 Å². The first-order chi connectivity index (χ1) is 9.24. The fourth-order valence-corrected chi connectivity index (χ4v) is 8.56. The fraction of sp³-hybridized carbons (Fsp3) is 0.467. The summed E-state index contributed by atoms with van der Waals surface area (Å²) in [5.74, 6) is 0. The smallest absolute Gasteiger partial charge is 0.167 e. The minimum atomic E-state index is -4.28. The Morgan fingerprint density at radius 1 is 0.857 bits per heavy atom. The van der Waals surface area contributed by atoms with Crippen LogP contribution in [0.1, 0.15) is 5.56 Å². The van der Waals surface area contributed by atoms with Gasteiger partial charge < -0.3 is 0 Å². The van der Waals surface area contributed by atoms with Crippen LogP contribution in [0.15, 0.2) is 29.5 Å². The molecule has 0 fully saturated rings. The average molecular weight is 351 g/mol. The first-order valence-corrected chi connectivity index (χ1v) is 14.2. The maximum Gasteiger partial charge on any atom is 0.409 e. The number of hydrogen-bond donors (Lipinski definition) is 0. The van der Waals surface area contributed by atoms with Crippen LogP contribution in [-0.2, 0) is 0 Å². The molecule has 0 aromatic heterocycles. The highest BCUT2D eigenvalue weighted by Crippen LogP contribution is 2.42. The van der Waals surface area contributed by atoms with Crippen molar-refractivity contribution < 1.29 is 13.2 Å². The molecule has 1 aromatic carbocycles. The third-order valence-electron chi connectivity index (χ3n) is 3.17. The predicted octanol–water partition coefficient (Wildman–Crippen LogP) is 6.41. The lowest BCUT2D eigenvalue weighted by atomic mass is 10.2. The van der Waals surface area contributed by atoms with E-state index in [0.29, 0.717) is 15.8 Å². The summed E-state index contributed by atoms with van der Waals surface area (Å²) in [6, 6.07) is 6.74. The lowest BCUT2D eigenvalue weighted by molar-refractivity contribution is -0.0850. The summed E-state index contributed by atoms with van der Waals surface area (Å²) in [6.45, 7) is 11.2. The van der Waals surface area contributed by atoms with Gasteiger partial charge in [0.15, 0.2) is 0 Å². The zero-order valence-corrected chi connectivity index (χ0v) is 16.1. The molecular formula is C15H22ClF3Si2. The van der Waals surface area contributed by atoms with Gasteiger partial charge in [0.05, 0.1) is 16.1 Å². The molecule has 0 aliphatic heterocycles. The summed E-state index contributed by atoms with van der Waals surface area (Å²) < 4.78 is 41.2. The first kappa shape index (κ1) is 18.5. The molecule has 0 N–H and O–H groups in total. The Bertz CT molecular complexity index is 516. The summed E-state index contributed by atoms with van der Waals surface area (Å²) in [7, 11) is -4.71. The highest BCUT2D eigenvalue weighted by molar-refractivity contribution is 6.98. The summed E-state index contributed by atoms with van der Waals surface area (Å²) in [5.41, 5.74) is 0.660. The molecular weight excluding hydrogens is 329 g/mol. The molecule has 0 saturated heterocycles. The molecule has 0 saturated carbocycles. The molecule has 0 aliphatic carbocycles. The number of halogens is 4. The first-order valence-electron chi connectivity index (χ1n) is 6.83. The Labute approximate surface area is 132 Å². The van der Waals surface area contributed by atoms with Crippen LogP contribution < -0.4 is 0 Å². The summed E-state index contributed by atoms with van der Waals surface area (Å²) in [5, 5.41) is 0.776. The molecule has 0 unspecified atom stereocenters. The van der Waals surface area contributed by atoms with Crippen LogP contribution in [0.25, 0.3) is 5.20 Å². The van der Waals surface area contributed by atoms with Crippen LogP contribution in [0, 0.1) is 0 Å². The Morgan fingerprint density at radius 3 is 1.57 bits per heavy atom. The van der Waals surface area contributed by atoms with Gasteiger partial charge in [0, 0.05) is 10.2 Å². The molecule has 0 spiro atoms. The van der Waals surface area contributed by atoms with E-state index < -0.39 is 22.3 Å². The van der Waals surface area contributed by atoms with Gasteiger partial charge in [-0.05, 0) is 22.9 Å². The third kappa shape index (κ3) is 4.73. The Balaban J connectivity index is 3.77. The van der Waals surface area contributed by atoms with Crippen molar-refractivity contribution in [1.29, 1.82) is 0 Å². The van der Waals surface area contributed by atoms with Crippen LogP contribution in [-0.4, -0.2) is 22.3 Å². The monoisotopic (exact) mass is 350 g/mol. The van der Waals surface area contributed by atoms with Crippen LogP contribution in [0.4, 0.5) is 13.2 Å². The zero-order valence-electron chi connectivity index (χ0n) is 13.3. The van der Waals surface area contributed by atoms with E-state index in [1.165, 1.54) is 0 Å². The van der Waals surface area contributed by atoms with Crippen molar-refractivity contribution in [2.24, 2.45) is 0 Å². The van der Waals surface area contributed by atoms with Crippen molar-refractivity contribution in [3.05, 3.63) is 40.0 Å². The number of benzene rings is 1. The molecule has 0 atom stereocenters. The predicted molar refractivity (Wildman–Crippen MR) is 91.1 cm³/mol. The highest BCUT2D eigenvalue weighted by Gasteiger charge is 2.46. The number of alkyl halides is 3. The minimum Gasteiger partial charge on any atom is -0.167 e. The zero-order chi connectivity index (χ0) is 16.6.